The first-order valence-corrected chi connectivity index (χ1v) is 8.98. The second kappa shape index (κ2) is 6.93. The van der Waals surface area contributed by atoms with E-state index in [1.54, 1.807) is 6.20 Å². The van der Waals surface area contributed by atoms with Crippen LogP contribution in [0.25, 0.3) is 4.96 Å². The van der Waals surface area contributed by atoms with E-state index in [9.17, 15) is 4.79 Å². The molecule has 0 fully saturated rings. The quantitative estimate of drug-likeness (QED) is 0.563. The lowest BCUT2D eigenvalue weighted by Gasteiger charge is -2.06. The smallest absolute Gasteiger partial charge is 0.275 e. The van der Waals surface area contributed by atoms with Gasteiger partial charge in [-0.2, -0.15) is 4.52 Å². The summed E-state index contributed by atoms with van der Waals surface area (Å²) < 4.78 is 1.31. The van der Waals surface area contributed by atoms with Gasteiger partial charge < -0.3 is 10.6 Å². The normalized spacial score (nSPS) is 10.8. The number of nitrogens with one attached hydrogen (secondary N) is 2. The molecule has 0 amide bonds. The van der Waals surface area contributed by atoms with Gasteiger partial charge in [-0.1, -0.05) is 36.5 Å². The van der Waals surface area contributed by atoms with Gasteiger partial charge in [-0.3, -0.25) is 4.79 Å². The molecule has 0 bridgehead atoms. The van der Waals surface area contributed by atoms with E-state index >= 15 is 0 Å². The predicted molar refractivity (Wildman–Crippen MR) is 104 cm³/mol. The van der Waals surface area contributed by atoms with Crippen LogP contribution >= 0.6 is 11.3 Å². The van der Waals surface area contributed by atoms with Crippen molar-refractivity contribution < 1.29 is 0 Å². The van der Waals surface area contributed by atoms with Crippen molar-refractivity contribution in [2.24, 2.45) is 0 Å². The maximum Gasteiger partial charge on any atom is 0.275 e. The van der Waals surface area contributed by atoms with Crippen LogP contribution in [-0.2, 0) is 6.42 Å². The van der Waals surface area contributed by atoms with E-state index in [1.165, 1.54) is 21.9 Å². The number of hydrogen-bond acceptors (Lipinski definition) is 7. The lowest BCUT2D eigenvalue weighted by molar-refractivity contribution is 0.879. The number of anilines is 4. The third kappa shape index (κ3) is 3.40. The maximum absolute atomic E-state index is 12.1. The maximum atomic E-state index is 12.1. The fourth-order valence-corrected chi connectivity index (χ4v) is 3.27. The van der Waals surface area contributed by atoms with Crippen molar-refractivity contribution in [1.29, 1.82) is 0 Å². The molecular formula is C18H16N6OS. The summed E-state index contributed by atoms with van der Waals surface area (Å²) in [7, 11) is 0. The van der Waals surface area contributed by atoms with Gasteiger partial charge in [0.1, 0.15) is 5.82 Å². The molecular weight excluding hydrogens is 348 g/mol. The highest BCUT2D eigenvalue weighted by Gasteiger charge is 2.09. The van der Waals surface area contributed by atoms with Crippen molar-refractivity contribution in [3.63, 3.8) is 0 Å². The molecule has 130 valence electrons. The zero-order valence-corrected chi connectivity index (χ0v) is 14.8. The first-order chi connectivity index (χ1) is 12.7. The van der Waals surface area contributed by atoms with E-state index < -0.39 is 0 Å². The fraction of sp³-hybridized carbons (Fsp3) is 0.111. The van der Waals surface area contributed by atoms with E-state index in [-0.39, 0.29) is 5.56 Å². The number of aromatic nitrogens is 4. The van der Waals surface area contributed by atoms with Crippen LogP contribution in [0.2, 0.25) is 0 Å². The molecule has 0 saturated carbocycles. The predicted octanol–water partition coefficient (Wildman–Crippen LogP) is 3.60. The number of pyridine rings is 1. The van der Waals surface area contributed by atoms with Gasteiger partial charge in [0, 0.05) is 17.4 Å². The number of nitrogens with zero attached hydrogens (tertiary/aromatic N) is 4. The summed E-state index contributed by atoms with van der Waals surface area (Å²) in [6.07, 6.45) is 2.43. The summed E-state index contributed by atoms with van der Waals surface area (Å²) in [4.78, 5) is 21.5. The average molecular weight is 364 g/mol. The number of para-hydroxylation sites is 1. The molecule has 0 spiro atoms. The molecule has 7 nitrogen and oxygen atoms in total. The van der Waals surface area contributed by atoms with Gasteiger partial charge in [-0.25, -0.2) is 9.97 Å². The largest absolute Gasteiger partial charge is 0.340 e. The molecule has 0 unspecified atom stereocenters. The van der Waals surface area contributed by atoms with E-state index in [1.807, 2.05) is 49.4 Å². The first-order valence-electron chi connectivity index (χ1n) is 8.16. The van der Waals surface area contributed by atoms with Crippen molar-refractivity contribution in [3.8, 4) is 0 Å². The lowest BCUT2D eigenvalue weighted by Crippen LogP contribution is -2.15. The van der Waals surface area contributed by atoms with E-state index in [0.717, 1.165) is 22.9 Å². The number of aryl methyl sites for hydroxylation is 1. The zero-order chi connectivity index (χ0) is 17.9. The molecule has 8 heteroatoms. The molecule has 2 N–H and O–H groups in total. The molecule has 4 rings (SSSR count). The van der Waals surface area contributed by atoms with Gasteiger partial charge in [-0.15, -0.1) is 5.10 Å². The molecule has 0 radical (unpaired) electrons. The Kier molecular flexibility index (Phi) is 4.32. The lowest BCUT2D eigenvalue weighted by atomic mass is 10.3. The molecule has 4 aromatic rings. The topological polar surface area (TPSA) is 84.2 Å². The second-order valence-electron chi connectivity index (χ2n) is 5.59. The van der Waals surface area contributed by atoms with Crippen LogP contribution in [0, 0.1) is 0 Å². The Labute approximate surface area is 153 Å². The standard InChI is InChI=1S/C18H16N6OS/c1-2-12-10-16(25)24-18(22-12)26-17(23-24)21-14-8-9-15(19-11-14)20-13-6-4-3-5-7-13/h3-11H,2H2,1H3,(H,19,20)(H,21,23). The van der Waals surface area contributed by atoms with Gasteiger partial charge in [0.05, 0.1) is 11.9 Å². The fourth-order valence-electron chi connectivity index (χ4n) is 2.42. The summed E-state index contributed by atoms with van der Waals surface area (Å²) in [6.45, 7) is 1.97. The number of benzene rings is 1. The van der Waals surface area contributed by atoms with Crippen molar-refractivity contribution in [1.82, 2.24) is 19.6 Å². The molecule has 0 aliphatic carbocycles. The van der Waals surface area contributed by atoms with E-state index in [2.05, 4.69) is 25.7 Å². The molecule has 3 heterocycles. The Bertz CT molecular complexity index is 1090. The van der Waals surface area contributed by atoms with Gasteiger partial charge >= 0.3 is 0 Å². The Morgan fingerprint density at radius 3 is 2.65 bits per heavy atom. The highest BCUT2D eigenvalue weighted by atomic mass is 32.1. The summed E-state index contributed by atoms with van der Waals surface area (Å²) in [5.74, 6) is 0.747. The van der Waals surface area contributed by atoms with Gasteiger partial charge in [-0.05, 0) is 30.7 Å². The highest BCUT2D eigenvalue weighted by molar-refractivity contribution is 7.20. The highest BCUT2D eigenvalue weighted by Crippen LogP contribution is 2.22. The summed E-state index contributed by atoms with van der Waals surface area (Å²) in [6, 6.07) is 15.1. The second-order valence-corrected chi connectivity index (χ2v) is 6.54. The zero-order valence-electron chi connectivity index (χ0n) is 14.0. The van der Waals surface area contributed by atoms with Crippen LogP contribution in [0.1, 0.15) is 12.6 Å². The van der Waals surface area contributed by atoms with Crippen LogP contribution in [0.3, 0.4) is 0 Å². The monoisotopic (exact) mass is 364 g/mol. The third-order valence-electron chi connectivity index (χ3n) is 3.72. The third-order valence-corrected chi connectivity index (χ3v) is 4.55. The van der Waals surface area contributed by atoms with Crippen LogP contribution in [0.15, 0.2) is 59.5 Å². The molecule has 3 aromatic heterocycles. The summed E-state index contributed by atoms with van der Waals surface area (Å²) >= 11 is 1.33. The van der Waals surface area contributed by atoms with Gasteiger partial charge in [0.25, 0.3) is 5.56 Å². The Hall–Kier alpha value is -3.26. The summed E-state index contributed by atoms with van der Waals surface area (Å²) in [5.41, 5.74) is 2.36. The van der Waals surface area contributed by atoms with Gasteiger partial charge in [0.2, 0.25) is 10.1 Å². The van der Waals surface area contributed by atoms with Crippen LogP contribution < -0.4 is 16.2 Å². The van der Waals surface area contributed by atoms with Gasteiger partial charge in [0.15, 0.2) is 0 Å². The van der Waals surface area contributed by atoms with E-state index in [4.69, 9.17) is 0 Å². The molecule has 0 atom stereocenters. The van der Waals surface area contributed by atoms with Crippen molar-refractivity contribution in [3.05, 3.63) is 70.8 Å². The Morgan fingerprint density at radius 1 is 1.08 bits per heavy atom. The number of rotatable bonds is 5. The Morgan fingerprint density at radius 2 is 1.92 bits per heavy atom. The van der Waals surface area contributed by atoms with Crippen molar-refractivity contribution in [2.75, 3.05) is 10.6 Å². The average Bonchev–Trinajstić information content (AvgIpc) is 3.07. The number of fused-ring (bicyclic) bond motifs is 1. The SMILES string of the molecule is CCc1cc(=O)n2nc(Nc3ccc(Nc4ccccc4)nc3)sc2n1. The molecule has 0 saturated heterocycles. The minimum atomic E-state index is -0.170. The van der Waals surface area contributed by atoms with Crippen LogP contribution in [-0.4, -0.2) is 19.6 Å². The van der Waals surface area contributed by atoms with E-state index in [0.29, 0.717) is 16.5 Å². The van der Waals surface area contributed by atoms with Crippen LogP contribution in [0.4, 0.5) is 22.3 Å². The molecule has 1 aromatic carbocycles. The summed E-state index contributed by atoms with van der Waals surface area (Å²) in [5, 5.41) is 11.3. The first kappa shape index (κ1) is 16.2. The minimum Gasteiger partial charge on any atom is -0.340 e. The molecule has 0 aliphatic heterocycles. The number of hydrogen-bond donors (Lipinski definition) is 2. The van der Waals surface area contributed by atoms with Crippen molar-refractivity contribution >= 4 is 38.6 Å². The van der Waals surface area contributed by atoms with Crippen LogP contribution in [0.5, 0.6) is 0 Å². The molecule has 0 aliphatic rings. The molecule has 26 heavy (non-hydrogen) atoms. The Balaban J connectivity index is 1.53. The van der Waals surface area contributed by atoms with Crippen molar-refractivity contribution in [2.45, 2.75) is 13.3 Å². The minimum absolute atomic E-state index is 0.170.